The molecule has 0 unspecified atom stereocenters. The predicted molar refractivity (Wildman–Crippen MR) is 121 cm³/mol. The predicted octanol–water partition coefficient (Wildman–Crippen LogP) is 3.64. The Balaban J connectivity index is 1.33. The highest BCUT2D eigenvalue weighted by Crippen LogP contribution is 2.17. The first kappa shape index (κ1) is 20.1. The van der Waals surface area contributed by atoms with Crippen LogP contribution in [0.15, 0.2) is 60.8 Å². The van der Waals surface area contributed by atoms with Crippen molar-refractivity contribution in [3.63, 3.8) is 0 Å². The van der Waals surface area contributed by atoms with E-state index < -0.39 is 0 Å². The Labute approximate surface area is 181 Å². The number of hydrogen-bond acceptors (Lipinski definition) is 7. The molecule has 1 aliphatic rings. The monoisotopic (exact) mass is 421 g/mol. The number of hydrogen-bond donors (Lipinski definition) is 2. The Kier molecular flexibility index (Phi) is 6.41. The van der Waals surface area contributed by atoms with Gasteiger partial charge in [-0.2, -0.15) is 15.0 Å². The molecule has 0 atom stereocenters. The Hall–Kier alpha value is -3.16. The molecule has 7 nitrogen and oxygen atoms in total. The van der Waals surface area contributed by atoms with Gasteiger partial charge in [0, 0.05) is 36.9 Å². The van der Waals surface area contributed by atoms with Gasteiger partial charge >= 0.3 is 0 Å². The van der Waals surface area contributed by atoms with Gasteiger partial charge in [-0.15, -0.1) is 0 Å². The number of nitrogens with two attached hydrogens (primary N) is 1. The van der Waals surface area contributed by atoms with Gasteiger partial charge in [0.15, 0.2) is 0 Å². The molecule has 0 aliphatic carbocycles. The molecule has 1 fully saturated rings. The van der Waals surface area contributed by atoms with E-state index in [0.717, 1.165) is 31.9 Å². The van der Waals surface area contributed by atoms with Gasteiger partial charge in [-0.25, -0.2) is 0 Å². The zero-order chi connectivity index (χ0) is 20.8. The fourth-order valence-corrected chi connectivity index (χ4v) is 3.38. The second kappa shape index (κ2) is 9.56. The van der Waals surface area contributed by atoms with Gasteiger partial charge in [0.1, 0.15) is 5.82 Å². The molecule has 0 saturated carbocycles. The maximum atomic E-state index is 5.93. The standard InChI is InChI=1S/C22H24ClN7/c23-18-6-8-19(9-7-18)25-22-27-20(26-21(24)28-22)16-30-14-12-29(13-15-30)11-10-17-4-2-1-3-5-17/h1-11H,12-16H2,(H3,24,25,26,27,28)/b11-10+. The third kappa shape index (κ3) is 5.68. The number of rotatable bonds is 6. The quantitative estimate of drug-likeness (QED) is 0.628. The van der Waals surface area contributed by atoms with Crippen LogP contribution in [0.3, 0.4) is 0 Å². The van der Waals surface area contributed by atoms with Crippen molar-refractivity contribution in [3.05, 3.63) is 77.2 Å². The average molecular weight is 422 g/mol. The molecule has 2 heterocycles. The molecule has 3 aromatic rings. The molecule has 1 saturated heterocycles. The lowest BCUT2D eigenvalue weighted by Gasteiger charge is -2.33. The largest absolute Gasteiger partial charge is 0.375 e. The van der Waals surface area contributed by atoms with Crippen LogP contribution in [0, 0.1) is 0 Å². The molecule has 1 aromatic heterocycles. The number of piperazine rings is 1. The number of aromatic nitrogens is 3. The highest BCUT2D eigenvalue weighted by molar-refractivity contribution is 6.30. The lowest BCUT2D eigenvalue weighted by atomic mass is 10.2. The molecule has 30 heavy (non-hydrogen) atoms. The number of nitrogen functional groups attached to an aromatic ring is 1. The van der Waals surface area contributed by atoms with Gasteiger partial charge in [0.2, 0.25) is 11.9 Å². The first-order valence-corrected chi connectivity index (χ1v) is 10.2. The van der Waals surface area contributed by atoms with Crippen LogP contribution in [0.25, 0.3) is 6.08 Å². The van der Waals surface area contributed by atoms with Crippen molar-refractivity contribution in [2.24, 2.45) is 0 Å². The van der Waals surface area contributed by atoms with E-state index in [9.17, 15) is 0 Å². The number of nitrogens with one attached hydrogen (secondary N) is 1. The van der Waals surface area contributed by atoms with Gasteiger partial charge in [-0.05, 0) is 42.1 Å². The van der Waals surface area contributed by atoms with E-state index in [0.29, 0.717) is 23.3 Å². The third-order valence-electron chi connectivity index (χ3n) is 4.85. The fourth-order valence-electron chi connectivity index (χ4n) is 3.25. The van der Waals surface area contributed by atoms with Crippen molar-refractivity contribution in [2.75, 3.05) is 37.2 Å². The molecule has 2 aromatic carbocycles. The highest BCUT2D eigenvalue weighted by Gasteiger charge is 2.16. The molecule has 0 bridgehead atoms. The van der Waals surface area contributed by atoms with E-state index >= 15 is 0 Å². The summed E-state index contributed by atoms with van der Waals surface area (Å²) in [7, 11) is 0. The van der Waals surface area contributed by atoms with Crippen LogP contribution < -0.4 is 11.1 Å². The van der Waals surface area contributed by atoms with Crippen LogP contribution in [0.1, 0.15) is 11.4 Å². The van der Waals surface area contributed by atoms with Gasteiger partial charge < -0.3 is 16.0 Å². The van der Waals surface area contributed by atoms with Crippen molar-refractivity contribution in [1.29, 1.82) is 0 Å². The summed E-state index contributed by atoms with van der Waals surface area (Å²) in [5.74, 6) is 1.30. The number of anilines is 3. The molecule has 8 heteroatoms. The van der Waals surface area contributed by atoms with Crippen molar-refractivity contribution in [3.8, 4) is 0 Å². The Morgan fingerprint density at radius 2 is 1.67 bits per heavy atom. The summed E-state index contributed by atoms with van der Waals surface area (Å²) in [6, 6.07) is 17.7. The molecule has 3 N–H and O–H groups in total. The van der Waals surface area contributed by atoms with E-state index in [-0.39, 0.29) is 5.95 Å². The molecular formula is C22H24ClN7. The first-order valence-electron chi connectivity index (χ1n) is 9.87. The van der Waals surface area contributed by atoms with Gasteiger partial charge in [0.05, 0.1) is 6.54 Å². The minimum absolute atomic E-state index is 0.209. The zero-order valence-electron chi connectivity index (χ0n) is 16.6. The summed E-state index contributed by atoms with van der Waals surface area (Å²) in [5, 5.41) is 3.83. The summed E-state index contributed by atoms with van der Waals surface area (Å²) in [5.41, 5.74) is 7.95. The van der Waals surface area contributed by atoms with Crippen molar-refractivity contribution < 1.29 is 0 Å². The minimum Gasteiger partial charge on any atom is -0.375 e. The molecule has 4 rings (SSSR count). The normalized spacial score (nSPS) is 14.9. The van der Waals surface area contributed by atoms with Crippen LogP contribution in [0.2, 0.25) is 5.02 Å². The van der Waals surface area contributed by atoms with E-state index in [4.69, 9.17) is 17.3 Å². The van der Waals surface area contributed by atoms with Crippen molar-refractivity contribution in [2.45, 2.75) is 6.54 Å². The van der Waals surface area contributed by atoms with E-state index in [2.05, 4.69) is 54.5 Å². The smallest absolute Gasteiger partial charge is 0.232 e. The summed E-state index contributed by atoms with van der Waals surface area (Å²) in [6.45, 7) is 4.42. The fraction of sp³-hybridized carbons (Fsp3) is 0.227. The van der Waals surface area contributed by atoms with E-state index in [1.54, 1.807) is 12.1 Å². The molecule has 0 spiro atoms. The number of halogens is 1. The minimum atomic E-state index is 0.209. The summed E-state index contributed by atoms with van der Waals surface area (Å²) >= 11 is 5.93. The zero-order valence-corrected chi connectivity index (χ0v) is 17.3. The SMILES string of the molecule is Nc1nc(CN2CCN(/C=C/c3ccccc3)CC2)nc(Nc2ccc(Cl)cc2)n1. The topological polar surface area (TPSA) is 83.2 Å². The van der Waals surface area contributed by atoms with Crippen LogP contribution >= 0.6 is 11.6 Å². The van der Waals surface area contributed by atoms with Gasteiger partial charge in [-0.1, -0.05) is 41.9 Å². The maximum absolute atomic E-state index is 5.93. The number of nitrogens with zero attached hydrogens (tertiary/aromatic N) is 5. The molecule has 1 aliphatic heterocycles. The van der Waals surface area contributed by atoms with Crippen molar-refractivity contribution in [1.82, 2.24) is 24.8 Å². The summed E-state index contributed by atoms with van der Waals surface area (Å²) in [6.07, 6.45) is 4.32. The number of benzene rings is 2. The van der Waals surface area contributed by atoms with Crippen LogP contribution in [-0.4, -0.2) is 50.9 Å². The van der Waals surface area contributed by atoms with Crippen LogP contribution in [0.4, 0.5) is 17.6 Å². The van der Waals surface area contributed by atoms with Crippen LogP contribution in [0.5, 0.6) is 0 Å². The van der Waals surface area contributed by atoms with Gasteiger partial charge in [0.25, 0.3) is 0 Å². The molecular weight excluding hydrogens is 398 g/mol. The van der Waals surface area contributed by atoms with E-state index in [1.807, 2.05) is 30.3 Å². The van der Waals surface area contributed by atoms with Crippen LogP contribution in [-0.2, 0) is 6.54 Å². The summed E-state index contributed by atoms with van der Waals surface area (Å²) < 4.78 is 0. The Bertz CT molecular complexity index is 984. The maximum Gasteiger partial charge on any atom is 0.232 e. The third-order valence-corrected chi connectivity index (χ3v) is 5.10. The average Bonchev–Trinajstić information content (AvgIpc) is 2.75. The van der Waals surface area contributed by atoms with Crippen molar-refractivity contribution >= 4 is 35.3 Å². The Morgan fingerprint density at radius 3 is 2.40 bits per heavy atom. The Morgan fingerprint density at radius 1 is 0.933 bits per heavy atom. The molecule has 0 radical (unpaired) electrons. The lowest BCUT2D eigenvalue weighted by Crippen LogP contribution is -2.43. The second-order valence-corrected chi connectivity index (χ2v) is 7.54. The molecule has 154 valence electrons. The first-order chi connectivity index (χ1) is 14.6. The second-order valence-electron chi connectivity index (χ2n) is 7.10. The summed E-state index contributed by atoms with van der Waals surface area (Å²) in [4.78, 5) is 17.7. The highest BCUT2D eigenvalue weighted by atomic mass is 35.5. The lowest BCUT2D eigenvalue weighted by molar-refractivity contribution is 0.160. The van der Waals surface area contributed by atoms with E-state index in [1.165, 1.54) is 5.56 Å². The van der Waals surface area contributed by atoms with Gasteiger partial charge in [-0.3, -0.25) is 4.90 Å². The molecule has 0 amide bonds.